The first-order chi connectivity index (χ1) is 8.86. The van der Waals surface area contributed by atoms with Crippen LogP contribution in [0.2, 0.25) is 0 Å². The van der Waals surface area contributed by atoms with E-state index in [0.717, 1.165) is 12.6 Å². The van der Waals surface area contributed by atoms with Gasteiger partial charge in [0.2, 0.25) is 0 Å². The highest BCUT2D eigenvalue weighted by Gasteiger charge is 2.26. The van der Waals surface area contributed by atoms with E-state index < -0.39 is 0 Å². The molecule has 0 atom stereocenters. The fraction of sp³-hybridized carbons (Fsp3) is 0.600. The number of nitrogens with zero attached hydrogens (tertiary/aromatic N) is 1. The molecule has 1 aromatic carbocycles. The fourth-order valence-electron chi connectivity index (χ4n) is 3.10. The molecule has 0 amide bonds. The molecule has 0 unspecified atom stereocenters. The molecular weight excluding hydrogens is 335 g/mol. The third-order valence-corrected chi connectivity index (χ3v) is 4.85. The van der Waals surface area contributed by atoms with E-state index in [1.54, 1.807) is 11.1 Å². The van der Waals surface area contributed by atoms with Crippen molar-refractivity contribution in [3.8, 4) is 0 Å². The molecule has 0 bridgehead atoms. The summed E-state index contributed by atoms with van der Waals surface area (Å²) in [7, 11) is 0. The van der Waals surface area contributed by atoms with Crippen LogP contribution in [0.15, 0.2) is 18.2 Å². The van der Waals surface area contributed by atoms with Gasteiger partial charge in [-0.15, -0.1) is 0 Å². The van der Waals surface area contributed by atoms with E-state index in [1.165, 1.54) is 50.8 Å². The van der Waals surface area contributed by atoms with Crippen molar-refractivity contribution < 1.29 is 0 Å². The van der Waals surface area contributed by atoms with Crippen LogP contribution in [0, 0.1) is 0 Å². The Morgan fingerprint density at radius 1 is 1.17 bits per heavy atom. The fourth-order valence-corrected chi connectivity index (χ4v) is 3.54. The molecular formula is C15H21IN2. The molecule has 0 spiro atoms. The molecule has 3 rings (SSSR count). The topological polar surface area (TPSA) is 15.3 Å². The number of halogens is 1. The second-order valence-electron chi connectivity index (χ2n) is 5.53. The van der Waals surface area contributed by atoms with Gasteiger partial charge in [-0.3, -0.25) is 8.43 Å². The van der Waals surface area contributed by atoms with Crippen LogP contribution in [-0.4, -0.2) is 24.0 Å². The van der Waals surface area contributed by atoms with Gasteiger partial charge in [-0.25, -0.2) is 0 Å². The predicted molar refractivity (Wildman–Crippen MR) is 83.9 cm³/mol. The van der Waals surface area contributed by atoms with Crippen molar-refractivity contribution in [2.24, 2.45) is 0 Å². The van der Waals surface area contributed by atoms with E-state index >= 15 is 0 Å². The minimum atomic E-state index is 0.898. The zero-order valence-electron chi connectivity index (χ0n) is 10.8. The highest BCUT2D eigenvalue weighted by atomic mass is 127. The largest absolute Gasteiger partial charge is 0.300 e. The summed E-state index contributed by atoms with van der Waals surface area (Å²) >= 11 is 2.22. The zero-order chi connectivity index (χ0) is 12.4. The number of fused-ring (bicyclic) bond motifs is 1. The predicted octanol–water partition coefficient (Wildman–Crippen LogP) is 3.08. The second-order valence-corrected chi connectivity index (χ2v) is 6.30. The van der Waals surface area contributed by atoms with Gasteiger partial charge in [-0.2, -0.15) is 0 Å². The monoisotopic (exact) mass is 356 g/mol. The Kier molecular flexibility index (Phi) is 4.21. The third kappa shape index (κ3) is 2.73. The van der Waals surface area contributed by atoms with Crippen molar-refractivity contribution in [3.05, 3.63) is 34.9 Å². The van der Waals surface area contributed by atoms with E-state index in [0.29, 0.717) is 0 Å². The summed E-state index contributed by atoms with van der Waals surface area (Å²) in [4.78, 5) is 2.72. The lowest BCUT2D eigenvalue weighted by molar-refractivity contribution is 0.133. The van der Waals surface area contributed by atoms with E-state index in [1.807, 2.05) is 0 Å². The number of nitrogens with one attached hydrogen (secondary N) is 1. The minimum Gasteiger partial charge on any atom is -0.300 e. The van der Waals surface area contributed by atoms with Crippen LogP contribution in [0.1, 0.15) is 36.0 Å². The molecule has 1 saturated carbocycles. The van der Waals surface area contributed by atoms with E-state index in [-0.39, 0.29) is 0 Å². The minimum absolute atomic E-state index is 0.898. The Hall–Kier alpha value is -0.130. The quantitative estimate of drug-likeness (QED) is 0.662. The Bertz CT molecular complexity index is 415. The summed E-state index contributed by atoms with van der Waals surface area (Å²) in [5.74, 6) is 0. The lowest BCUT2D eigenvalue weighted by Crippen LogP contribution is -2.41. The van der Waals surface area contributed by atoms with Crippen molar-refractivity contribution in [3.63, 3.8) is 0 Å². The average molecular weight is 356 g/mol. The molecule has 98 valence electrons. The summed E-state index contributed by atoms with van der Waals surface area (Å²) < 4.78 is 3.21. The standard InChI is InChI=1S/C15H21IN2/c16-17-11-12-4-5-13-6-8-18(15-2-1-3-15)9-7-14(13)10-12/h4-5,10,15,17H,1-3,6-9,11H2. The van der Waals surface area contributed by atoms with Crippen LogP contribution >= 0.6 is 22.9 Å². The summed E-state index contributed by atoms with van der Waals surface area (Å²) in [6, 6.07) is 7.94. The van der Waals surface area contributed by atoms with Gasteiger partial charge in [0.25, 0.3) is 0 Å². The number of hydrogen-bond donors (Lipinski definition) is 1. The third-order valence-electron chi connectivity index (χ3n) is 4.47. The molecule has 0 saturated heterocycles. The summed E-state index contributed by atoms with van der Waals surface area (Å²) in [5, 5.41) is 0. The summed E-state index contributed by atoms with van der Waals surface area (Å²) in [5.41, 5.74) is 4.58. The molecule has 0 radical (unpaired) electrons. The smallest absolute Gasteiger partial charge is 0.0301 e. The molecule has 2 aliphatic rings. The molecule has 1 aromatic rings. The Morgan fingerprint density at radius 3 is 2.61 bits per heavy atom. The normalized spacial score (nSPS) is 21.2. The van der Waals surface area contributed by atoms with Crippen LogP contribution in [0.5, 0.6) is 0 Å². The van der Waals surface area contributed by atoms with Crippen molar-refractivity contribution in [2.75, 3.05) is 13.1 Å². The highest BCUT2D eigenvalue weighted by Crippen LogP contribution is 2.27. The lowest BCUT2D eigenvalue weighted by Gasteiger charge is -2.36. The van der Waals surface area contributed by atoms with E-state index in [4.69, 9.17) is 0 Å². The maximum absolute atomic E-state index is 3.21. The first-order valence-corrected chi connectivity index (χ1v) is 8.13. The van der Waals surface area contributed by atoms with Crippen LogP contribution in [0.3, 0.4) is 0 Å². The van der Waals surface area contributed by atoms with Crippen LogP contribution in [0.4, 0.5) is 0 Å². The SMILES string of the molecule is INCc1ccc2c(c1)CCN(C1CCC1)CC2. The van der Waals surface area contributed by atoms with Gasteiger partial charge in [0.05, 0.1) is 0 Å². The first kappa shape index (κ1) is 12.9. The van der Waals surface area contributed by atoms with E-state index in [2.05, 4.69) is 49.5 Å². The summed E-state index contributed by atoms with van der Waals surface area (Å²) in [6.45, 7) is 3.50. The molecule has 3 heteroatoms. The Labute approximate surface area is 124 Å². The van der Waals surface area contributed by atoms with Crippen molar-refractivity contribution in [1.29, 1.82) is 0 Å². The van der Waals surface area contributed by atoms with Crippen LogP contribution in [-0.2, 0) is 19.4 Å². The molecule has 18 heavy (non-hydrogen) atoms. The van der Waals surface area contributed by atoms with Gasteiger partial charge >= 0.3 is 0 Å². The Morgan fingerprint density at radius 2 is 1.94 bits per heavy atom. The van der Waals surface area contributed by atoms with Crippen LogP contribution in [0.25, 0.3) is 0 Å². The average Bonchev–Trinajstić information content (AvgIpc) is 2.51. The molecule has 1 fully saturated rings. The lowest BCUT2D eigenvalue weighted by atomic mass is 9.91. The van der Waals surface area contributed by atoms with Gasteiger partial charge in [-0.05, 0) is 42.4 Å². The molecule has 0 aromatic heterocycles. The van der Waals surface area contributed by atoms with Crippen LogP contribution < -0.4 is 3.53 Å². The van der Waals surface area contributed by atoms with Gasteiger partial charge in [0.1, 0.15) is 0 Å². The zero-order valence-corrected chi connectivity index (χ0v) is 12.9. The van der Waals surface area contributed by atoms with E-state index in [9.17, 15) is 0 Å². The van der Waals surface area contributed by atoms with Crippen molar-refractivity contribution in [1.82, 2.24) is 8.43 Å². The van der Waals surface area contributed by atoms with Gasteiger partial charge in [0, 0.05) is 48.5 Å². The molecule has 1 heterocycles. The molecule has 2 nitrogen and oxygen atoms in total. The number of benzene rings is 1. The summed E-state index contributed by atoms with van der Waals surface area (Å²) in [6.07, 6.45) is 6.78. The maximum Gasteiger partial charge on any atom is 0.0301 e. The molecule has 1 aliphatic carbocycles. The van der Waals surface area contributed by atoms with Crippen molar-refractivity contribution >= 4 is 22.9 Å². The molecule has 1 aliphatic heterocycles. The second kappa shape index (κ2) is 5.88. The number of rotatable bonds is 3. The molecule has 1 N–H and O–H groups in total. The van der Waals surface area contributed by atoms with Gasteiger partial charge < -0.3 is 0 Å². The first-order valence-electron chi connectivity index (χ1n) is 7.05. The number of hydrogen-bond acceptors (Lipinski definition) is 2. The Balaban J connectivity index is 1.71. The van der Waals surface area contributed by atoms with Gasteiger partial charge in [0.15, 0.2) is 0 Å². The van der Waals surface area contributed by atoms with Gasteiger partial charge in [-0.1, -0.05) is 24.6 Å². The highest BCUT2D eigenvalue weighted by molar-refractivity contribution is 14.1. The van der Waals surface area contributed by atoms with Crippen molar-refractivity contribution in [2.45, 2.75) is 44.7 Å². The maximum atomic E-state index is 3.21.